The predicted octanol–water partition coefficient (Wildman–Crippen LogP) is -0.200. The first kappa shape index (κ1) is 10.4. The van der Waals surface area contributed by atoms with Gasteiger partial charge in [0, 0.05) is 0 Å². The van der Waals surface area contributed by atoms with Crippen molar-refractivity contribution in [1.82, 2.24) is 0 Å². The lowest BCUT2D eigenvalue weighted by atomic mass is 10.3. The van der Waals surface area contributed by atoms with Crippen LogP contribution in [-0.2, 0) is 14.3 Å². The van der Waals surface area contributed by atoms with Crippen molar-refractivity contribution in [3.63, 3.8) is 0 Å². The first-order valence-electron chi connectivity index (χ1n) is 2.94. The predicted molar refractivity (Wildman–Crippen MR) is 41.2 cm³/mol. The number of carbonyl (C=O) groups excluding carboxylic acids is 2. The van der Waals surface area contributed by atoms with Crippen molar-refractivity contribution in [3.05, 3.63) is 0 Å². The number of rotatable bonds is 3. The molecule has 0 fully saturated rings. The molecule has 0 bridgehead atoms. The Morgan fingerprint density at radius 1 is 1.64 bits per heavy atom. The second-order valence-electron chi connectivity index (χ2n) is 1.82. The van der Waals surface area contributed by atoms with Gasteiger partial charge in [-0.2, -0.15) is 0 Å². The summed E-state index contributed by atoms with van der Waals surface area (Å²) in [6.45, 7) is 0. The zero-order valence-corrected chi connectivity index (χ0v) is 7.18. The number of carbonyl (C=O) groups is 2. The molecule has 0 saturated carbocycles. The van der Waals surface area contributed by atoms with Crippen LogP contribution in [0.25, 0.3) is 0 Å². The molecule has 0 aromatic carbocycles. The minimum Gasteiger partial charge on any atom is -0.467 e. The number of hydrogen-bond donors (Lipinski definition) is 1. The van der Waals surface area contributed by atoms with E-state index in [0.717, 1.165) is 18.9 Å². The lowest BCUT2D eigenvalue weighted by molar-refractivity contribution is -0.151. The van der Waals surface area contributed by atoms with Crippen LogP contribution in [0.1, 0.15) is 6.42 Å². The van der Waals surface area contributed by atoms with E-state index in [-0.39, 0.29) is 11.5 Å². The van der Waals surface area contributed by atoms with E-state index in [4.69, 9.17) is 5.11 Å². The van der Waals surface area contributed by atoms with Crippen molar-refractivity contribution >= 4 is 22.8 Å². The summed E-state index contributed by atoms with van der Waals surface area (Å²) in [5.41, 5.74) is 0. The highest BCUT2D eigenvalue weighted by Crippen LogP contribution is 2.03. The number of methoxy groups -OCH3 is 1. The second-order valence-corrected chi connectivity index (χ2v) is 2.68. The molecule has 0 amide bonds. The molecular weight excluding hydrogens is 168 g/mol. The van der Waals surface area contributed by atoms with Gasteiger partial charge in [0.15, 0.2) is 11.2 Å². The lowest BCUT2D eigenvalue weighted by Gasteiger charge is -2.04. The van der Waals surface area contributed by atoms with Crippen molar-refractivity contribution < 1.29 is 19.4 Å². The van der Waals surface area contributed by atoms with Gasteiger partial charge in [-0.25, -0.2) is 4.79 Å². The van der Waals surface area contributed by atoms with Gasteiger partial charge in [-0.15, -0.1) is 0 Å². The number of hydrogen-bond acceptors (Lipinski definition) is 5. The van der Waals surface area contributed by atoms with Crippen LogP contribution in [-0.4, -0.2) is 35.7 Å². The fourth-order valence-corrected chi connectivity index (χ4v) is 0.785. The maximum Gasteiger partial charge on any atom is 0.335 e. The molecule has 0 aromatic heterocycles. The summed E-state index contributed by atoms with van der Waals surface area (Å²) in [7, 11) is 1.16. The van der Waals surface area contributed by atoms with E-state index in [2.05, 4.69) is 4.74 Å². The van der Waals surface area contributed by atoms with E-state index in [1.807, 2.05) is 0 Å². The molecule has 0 aliphatic carbocycles. The molecule has 1 atom stereocenters. The van der Waals surface area contributed by atoms with E-state index >= 15 is 0 Å². The largest absolute Gasteiger partial charge is 0.467 e. The third-order valence-electron chi connectivity index (χ3n) is 1.06. The molecule has 0 heterocycles. The minimum atomic E-state index is -1.32. The second kappa shape index (κ2) is 5.15. The molecule has 1 unspecified atom stereocenters. The normalized spacial score (nSPS) is 12.3. The Kier molecular flexibility index (Phi) is 4.89. The number of ether oxygens (including phenoxy) is 1. The van der Waals surface area contributed by atoms with Crippen molar-refractivity contribution in [2.45, 2.75) is 12.5 Å². The zero-order valence-electron chi connectivity index (χ0n) is 6.36. The van der Waals surface area contributed by atoms with Crippen LogP contribution in [0.3, 0.4) is 0 Å². The first-order valence-corrected chi connectivity index (χ1v) is 4.17. The van der Waals surface area contributed by atoms with Gasteiger partial charge in [0.05, 0.1) is 13.5 Å². The van der Waals surface area contributed by atoms with Crippen LogP contribution in [0.15, 0.2) is 0 Å². The third kappa shape index (κ3) is 4.00. The fourth-order valence-electron chi connectivity index (χ4n) is 0.461. The Morgan fingerprint density at radius 2 is 2.18 bits per heavy atom. The topological polar surface area (TPSA) is 63.6 Å². The van der Waals surface area contributed by atoms with Crippen LogP contribution < -0.4 is 0 Å². The van der Waals surface area contributed by atoms with Crippen LogP contribution in [0.2, 0.25) is 0 Å². The molecule has 0 radical (unpaired) electrons. The first-order chi connectivity index (χ1) is 5.11. The smallest absolute Gasteiger partial charge is 0.335 e. The standard InChI is InChI=1S/C6H10O4S/c1-10-6(9)4(7)3-5(8)11-2/h4,7H,3H2,1-2H3. The van der Waals surface area contributed by atoms with Gasteiger partial charge in [0.25, 0.3) is 0 Å². The molecule has 0 saturated heterocycles. The SMILES string of the molecule is COC(=O)C(O)CC(=O)SC. The van der Waals surface area contributed by atoms with E-state index < -0.39 is 12.1 Å². The van der Waals surface area contributed by atoms with E-state index in [1.54, 1.807) is 6.26 Å². The Labute approximate surface area is 68.9 Å². The van der Waals surface area contributed by atoms with Crippen molar-refractivity contribution in [2.75, 3.05) is 13.4 Å². The highest BCUT2D eigenvalue weighted by atomic mass is 32.2. The van der Waals surface area contributed by atoms with Gasteiger partial charge in [-0.05, 0) is 6.26 Å². The van der Waals surface area contributed by atoms with Crippen LogP contribution in [0, 0.1) is 0 Å². The van der Waals surface area contributed by atoms with Crippen LogP contribution in [0.5, 0.6) is 0 Å². The summed E-state index contributed by atoms with van der Waals surface area (Å²) < 4.78 is 4.21. The molecular formula is C6H10O4S. The number of aliphatic hydroxyl groups excluding tert-OH is 1. The van der Waals surface area contributed by atoms with Gasteiger partial charge in [-0.1, -0.05) is 11.8 Å². The van der Waals surface area contributed by atoms with Gasteiger partial charge in [0.2, 0.25) is 0 Å². The van der Waals surface area contributed by atoms with Crippen molar-refractivity contribution in [1.29, 1.82) is 0 Å². The van der Waals surface area contributed by atoms with E-state index in [0.29, 0.717) is 0 Å². The van der Waals surface area contributed by atoms with Gasteiger partial charge >= 0.3 is 5.97 Å². The average molecular weight is 178 g/mol. The zero-order chi connectivity index (χ0) is 8.85. The number of esters is 1. The summed E-state index contributed by atoms with van der Waals surface area (Å²) in [5.74, 6) is -0.771. The van der Waals surface area contributed by atoms with E-state index in [9.17, 15) is 9.59 Å². The lowest BCUT2D eigenvalue weighted by Crippen LogP contribution is -2.23. The highest BCUT2D eigenvalue weighted by Gasteiger charge is 2.18. The fraction of sp³-hybridized carbons (Fsp3) is 0.667. The van der Waals surface area contributed by atoms with Gasteiger partial charge in [-0.3, -0.25) is 4.79 Å². The third-order valence-corrected chi connectivity index (χ3v) is 1.68. The van der Waals surface area contributed by atoms with Gasteiger partial charge in [0.1, 0.15) is 0 Å². The maximum atomic E-state index is 10.6. The quantitative estimate of drug-likeness (QED) is 0.606. The molecule has 0 aliphatic heterocycles. The van der Waals surface area contributed by atoms with Crippen LogP contribution in [0.4, 0.5) is 0 Å². The molecule has 11 heavy (non-hydrogen) atoms. The molecule has 0 rings (SSSR count). The maximum absolute atomic E-state index is 10.6. The van der Waals surface area contributed by atoms with Crippen LogP contribution >= 0.6 is 11.8 Å². The number of thioether (sulfide) groups is 1. The van der Waals surface area contributed by atoms with E-state index in [1.165, 1.54) is 0 Å². The molecule has 1 N–H and O–H groups in total. The molecule has 0 aromatic rings. The van der Waals surface area contributed by atoms with Gasteiger partial charge < -0.3 is 9.84 Å². The summed E-state index contributed by atoms with van der Waals surface area (Å²) in [4.78, 5) is 21.2. The summed E-state index contributed by atoms with van der Waals surface area (Å²) in [6.07, 6.45) is 0.0835. The monoisotopic (exact) mass is 178 g/mol. The molecule has 0 aliphatic rings. The summed E-state index contributed by atoms with van der Waals surface area (Å²) >= 11 is 0.974. The Hall–Kier alpha value is -0.550. The molecule has 0 spiro atoms. The Balaban J connectivity index is 3.77. The Bertz CT molecular complexity index is 157. The summed E-state index contributed by atoms with van der Waals surface area (Å²) in [5, 5.41) is 8.68. The summed E-state index contributed by atoms with van der Waals surface area (Å²) in [6, 6.07) is 0. The van der Waals surface area contributed by atoms with Crippen molar-refractivity contribution in [3.8, 4) is 0 Å². The minimum absolute atomic E-state index is 0.187. The molecule has 4 nitrogen and oxygen atoms in total. The number of aliphatic hydroxyl groups is 1. The highest BCUT2D eigenvalue weighted by molar-refractivity contribution is 8.13. The van der Waals surface area contributed by atoms with Crippen molar-refractivity contribution in [2.24, 2.45) is 0 Å². The molecule has 5 heteroatoms. The Morgan fingerprint density at radius 3 is 2.55 bits per heavy atom. The average Bonchev–Trinajstić information content (AvgIpc) is 2.02. The molecule has 64 valence electrons.